The summed E-state index contributed by atoms with van der Waals surface area (Å²) in [6.07, 6.45) is 2.28. The van der Waals surface area contributed by atoms with Crippen molar-refractivity contribution in [2.75, 3.05) is 5.34 Å². The molecule has 0 spiro atoms. The molecule has 0 saturated carbocycles. The molecule has 0 fully saturated rings. The second-order valence-electron chi connectivity index (χ2n) is 8.81. The number of fused-ring (bicyclic) bond motifs is 3. The number of aromatic amines is 1. The zero-order chi connectivity index (χ0) is 29.7. The monoisotopic (exact) mass is 626 g/mol. The van der Waals surface area contributed by atoms with Gasteiger partial charge in [0.05, 0.1) is 21.8 Å². The molecule has 6 rings (SSSR count). The van der Waals surface area contributed by atoms with Crippen LogP contribution in [0.15, 0.2) is 121 Å². The van der Waals surface area contributed by atoms with Crippen molar-refractivity contribution in [2.45, 2.75) is 0 Å². The molecule has 0 unspecified atom stereocenters. The van der Waals surface area contributed by atoms with Crippen molar-refractivity contribution < 1.29 is 29.7 Å². The molecule has 2 heterocycles. The fourth-order valence-corrected chi connectivity index (χ4v) is 4.48. The molecule has 11 heteroatoms. The van der Waals surface area contributed by atoms with Crippen molar-refractivity contribution in [3.05, 3.63) is 121 Å². The first kappa shape index (κ1) is 30.4. The summed E-state index contributed by atoms with van der Waals surface area (Å²) in [5.41, 5.74) is 8.24. The van der Waals surface area contributed by atoms with Crippen molar-refractivity contribution in [1.29, 1.82) is 0 Å². The first-order chi connectivity index (χ1) is 19.3. The van der Waals surface area contributed by atoms with Crippen molar-refractivity contribution >= 4 is 52.8 Å². The van der Waals surface area contributed by atoms with E-state index in [1.165, 1.54) is 38.7 Å². The first-order valence-corrected chi connectivity index (χ1v) is 15.2. The summed E-state index contributed by atoms with van der Waals surface area (Å²) in [7, 11) is -10.7. The number of halogens is 8. The summed E-state index contributed by atoms with van der Waals surface area (Å²) >= 11 is 9.53. The molecule has 214 valence electrons. The number of hydrogen-bond donors (Lipinski definition) is 1. The molecule has 0 radical (unpaired) electrons. The Morgan fingerprint density at radius 1 is 0.585 bits per heavy atom. The summed E-state index contributed by atoms with van der Waals surface area (Å²) in [6, 6.07) is 40.5. The number of hydrogen-bond acceptors (Lipinski definition) is 0. The van der Waals surface area contributed by atoms with Crippen molar-refractivity contribution in [3.8, 4) is 28.1 Å². The van der Waals surface area contributed by atoms with Crippen LogP contribution in [0.4, 0.5) is 25.2 Å². The Hall–Kier alpha value is -3.58. The largest absolute Gasteiger partial charge is 0.354 e. The standard InChI is InChI=1S/C29H20N2.CH2Cl2.F6P/c1-4-12-21(13-5-1)27-28-25(24-18-10-11-19-26(24)30-28)20-31(23-16-8-3-9-17-23)29(27)22-14-6-2-7-15-22;2-1-3;1-7(2,3,4,5)6/h1-20H;1H2;/q;;-1/p+1. The molecule has 0 amide bonds. The van der Waals surface area contributed by atoms with Crippen LogP contribution in [-0.2, 0) is 0 Å². The number of nitrogens with zero attached hydrogens (tertiary/aromatic N) is 1. The zero-order valence-corrected chi connectivity index (χ0v) is 23.6. The van der Waals surface area contributed by atoms with E-state index in [9.17, 15) is 25.2 Å². The van der Waals surface area contributed by atoms with Gasteiger partial charge in [-0.05, 0) is 23.8 Å². The molecule has 41 heavy (non-hydrogen) atoms. The number of alkyl halides is 2. The third kappa shape index (κ3) is 8.46. The van der Waals surface area contributed by atoms with E-state index in [4.69, 9.17) is 23.2 Å². The smallest absolute Gasteiger partial charge is 0.228 e. The second kappa shape index (κ2) is 11.4. The first-order valence-electron chi connectivity index (χ1n) is 12.1. The minimum Gasteiger partial charge on any atom is -0.354 e. The van der Waals surface area contributed by atoms with Gasteiger partial charge in [-0.1, -0.05) is 84.9 Å². The van der Waals surface area contributed by atoms with Crippen LogP contribution in [0.1, 0.15) is 0 Å². The zero-order valence-electron chi connectivity index (χ0n) is 21.2. The van der Waals surface area contributed by atoms with Crippen LogP contribution in [0.25, 0.3) is 49.9 Å². The van der Waals surface area contributed by atoms with Crippen LogP contribution in [0.2, 0.25) is 0 Å². The van der Waals surface area contributed by atoms with Crippen LogP contribution in [0.3, 0.4) is 0 Å². The molecule has 2 nitrogen and oxygen atoms in total. The second-order valence-corrected chi connectivity index (χ2v) is 11.5. The summed E-state index contributed by atoms with van der Waals surface area (Å²) in [5.74, 6) is 0. The molecule has 0 atom stereocenters. The molecule has 2 aromatic heterocycles. The van der Waals surface area contributed by atoms with Crippen LogP contribution < -0.4 is 4.57 Å². The Labute approximate surface area is 242 Å². The number of benzene rings is 4. The van der Waals surface area contributed by atoms with Crippen molar-refractivity contribution in [3.63, 3.8) is 0 Å². The Kier molecular flexibility index (Phi) is 8.42. The molecular formula is C30H23Cl2F6N2P. The summed E-state index contributed by atoms with van der Waals surface area (Å²) in [5, 5.41) is 2.65. The van der Waals surface area contributed by atoms with Crippen LogP contribution in [0, 0.1) is 0 Å². The summed E-state index contributed by atoms with van der Waals surface area (Å²) in [4.78, 5) is 3.72. The van der Waals surface area contributed by atoms with Gasteiger partial charge in [0.15, 0.2) is 6.20 Å². The molecular weight excluding hydrogens is 604 g/mol. The van der Waals surface area contributed by atoms with Gasteiger partial charge in [-0.3, -0.25) is 0 Å². The van der Waals surface area contributed by atoms with Gasteiger partial charge in [0.1, 0.15) is 0 Å². The number of H-pyrrole nitrogens is 1. The van der Waals surface area contributed by atoms with Gasteiger partial charge in [0, 0.05) is 28.6 Å². The van der Waals surface area contributed by atoms with Crippen molar-refractivity contribution in [1.82, 2.24) is 4.98 Å². The minimum atomic E-state index is -10.7. The van der Waals surface area contributed by atoms with E-state index in [0.717, 1.165) is 11.2 Å². The molecule has 6 aromatic rings. The average molecular weight is 627 g/mol. The number of nitrogens with one attached hydrogen (secondary N) is 1. The van der Waals surface area contributed by atoms with E-state index < -0.39 is 7.81 Å². The van der Waals surface area contributed by atoms with E-state index in [1.54, 1.807) is 0 Å². The van der Waals surface area contributed by atoms with Gasteiger partial charge in [-0.2, -0.15) is 4.57 Å². The quantitative estimate of drug-likeness (QED) is 0.0872. The number of pyridine rings is 1. The number of aromatic nitrogens is 2. The van der Waals surface area contributed by atoms with Crippen LogP contribution in [-0.4, -0.2) is 10.3 Å². The predicted molar refractivity (Wildman–Crippen MR) is 158 cm³/mol. The van der Waals surface area contributed by atoms with Gasteiger partial charge < -0.3 is 4.98 Å². The SMILES string of the molecule is ClCCl.F[P-](F)(F)(F)(F)F.c1ccc(-c2c(-c3ccccc3)[n+](-c3ccccc3)cc3c2[nH]c2ccccc23)cc1. The normalized spacial score (nSPS) is 12.9. The van der Waals surface area contributed by atoms with Crippen molar-refractivity contribution in [2.24, 2.45) is 0 Å². The van der Waals surface area contributed by atoms with E-state index in [0.29, 0.717) is 0 Å². The molecule has 1 N–H and O–H groups in total. The van der Waals surface area contributed by atoms with E-state index in [-0.39, 0.29) is 5.34 Å². The minimum absolute atomic E-state index is 0.194. The Balaban J connectivity index is 0.000000337. The predicted octanol–water partition coefficient (Wildman–Crippen LogP) is 11.7. The Morgan fingerprint density at radius 2 is 1.02 bits per heavy atom. The van der Waals surface area contributed by atoms with E-state index in [2.05, 4.69) is 131 Å². The fraction of sp³-hybridized carbons (Fsp3) is 0.0333. The van der Waals surface area contributed by atoms with Crippen LogP contribution >= 0.6 is 31.0 Å². The van der Waals surface area contributed by atoms with Gasteiger partial charge in [0.2, 0.25) is 11.4 Å². The van der Waals surface area contributed by atoms with Crippen LogP contribution in [0.5, 0.6) is 0 Å². The van der Waals surface area contributed by atoms with Gasteiger partial charge in [0.25, 0.3) is 0 Å². The maximum atomic E-state index is 9.87. The number of rotatable bonds is 3. The van der Waals surface area contributed by atoms with E-state index in [1.807, 2.05) is 0 Å². The van der Waals surface area contributed by atoms with Gasteiger partial charge in [-0.25, -0.2) is 0 Å². The Morgan fingerprint density at radius 3 is 1.56 bits per heavy atom. The molecule has 4 aromatic carbocycles. The summed E-state index contributed by atoms with van der Waals surface area (Å²) in [6.45, 7) is 0. The van der Waals surface area contributed by atoms with E-state index >= 15 is 0 Å². The third-order valence-corrected chi connectivity index (χ3v) is 5.88. The maximum absolute atomic E-state index is 10.7. The maximum Gasteiger partial charge on any atom is 0.228 e. The topological polar surface area (TPSA) is 19.7 Å². The molecule has 0 aliphatic carbocycles. The van der Waals surface area contributed by atoms with Gasteiger partial charge >= 0.3 is 33.0 Å². The molecule has 0 aliphatic heterocycles. The Bertz CT molecular complexity index is 1750. The molecule has 0 bridgehead atoms. The summed E-state index contributed by atoms with van der Waals surface area (Å²) < 4.78 is 61.5. The van der Waals surface area contributed by atoms with Gasteiger partial charge in [-0.15, -0.1) is 23.2 Å². The molecule has 0 aliphatic rings. The number of para-hydroxylation sites is 2. The molecule has 0 saturated heterocycles. The third-order valence-electron chi connectivity index (χ3n) is 5.88. The fourth-order valence-electron chi connectivity index (χ4n) is 4.48. The average Bonchev–Trinajstić information content (AvgIpc) is 3.30.